The predicted molar refractivity (Wildman–Crippen MR) is 73.7 cm³/mol. The van der Waals surface area contributed by atoms with Gasteiger partial charge in [-0.05, 0) is 6.92 Å². The Labute approximate surface area is 117 Å². The van der Waals surface area contributed by atoms with E-state index in [4.69, 9.17) is 15.2 Å². The molecule has 2 heterocycles. The minimum atomic E-state index is -0.791. The highest BCUT2D eigenvalue weighted by molar-refractivity contribution is 5.35. The first kappa shape index (κ1) is 14.7. The van der Waals surface area contributed by atoms with E-state index in [0.717, 1.165) is 0 Å². The Kier molecular flexibility index (Phi) is 4.56. The van der Waals surface area contributed by atoms with Crippen molar-refractivity contribution in [1.29, 1.82) is 0 Å². The van der Waals surface area contributed by atoms with Crippen LogP contribution in [0.1, 0.15) is 19.8 Å². The van der Waals surface area contributed by atoms with Crippen LogP contribution in [0, 0.1) is 0 Å². The zero-order valence-electron chi connectivity index (χ0n) is 11.9. The van der Waals surface area contributed by atoms with Gasteiger partial charge in [-0.2, -0.15) is 15.0 Å². The maximum absolute atomic E-state index is 10.5. The zero-order valence-corrected chi connectivity index (χ0v) is 11.9. The van der Waals surface area contributed by atoms with Gasteiger partial charge in [-0.25, -0.2) is 0 Å². The van der Waals surface area contributed by atoms with Crippen molar-refractivity contribution in [2.75, 3.05) is 44.0 Å². The summed E-state index contributed by atoms with van der Waals surface area (Å²) in [5.41, 5.74) is 4.85. The Morgan fingerprint density at radius 1 is 1.35 bits per heavy atom. The molecule has 3 N–H and O–H groups in total. The van der Waals surface area contributed by atoms with Crippen LogP contribution in [0.4, 0.5) is 11.9 Å². The highest BCUT2D eigenvalue weighted by Crippen LogP contribution is 2.23. The molecular formula is C12H21N5O3. The van der Waals surface area contributed by atoms with Crippen LogP contribution in [0.5, 0.6) is 6.01 Å². The quantitative estimate of drug-likeness (QED) is 0.767. The fourth-order valence-electron chi connectivity index (χ4n) is 2.15. The lowest BCUT2D eigenvalue weighted by atomic mass is 9.94. The Balaban J connectivity index is 2.09. The Morgan fingerprint density at radius 2 is 2.05 bits per heavy atom. The molecule has 112 valence electrons. The summed E-state index contributed by atoms with van der Waals surface area (Å²) in [6.45, 7) is 3.83. The van der Waals surface area contributed by atoms with Gasteiger partial charge in [0.15, 0.2) is 0 Å². The molecule has 0 saturated carbocycles. The van der Waals surface area contributed by atoms with Gasteiger partial charge in [-0.15, -0.1) is 0 Å². The number of nitrogens with zero attached hydrogens (tertiary/aromatic N) is 4. The van der Waals surface area contributed by atoms with Crippen LogP contribution in [-0.4, -0.2) is 59.1 Å². The monoisotopic (exact) mass is 283 g/mol. The van der Waals surface area contributed by atoms with Crippen LogP contribution in [0.25, 0.3) is 0 Å². The maximum Gasteiger partial charge on any atom is 0.323 e. The Hall–Kier alpha value is -1.67. The average Bonchev–Trinajstić information content (AvgIpc) is 2.38. The SMILES string of the molecule is CCOc1nc(N)nc(N(C)CC2(O)CCOCC2)n1. The minimum absolute atomic E-state index is 0.101. The standard InChI is InChI=1S/C12H21N5O3/c1-3-20-11-15-9(13)14-10(16-11)17(2)8-12(18)4-6-19-7-5-12/h18H,3-8H2,1-2H3,(H2,13,14,15,16). The molecule has 20 heavy (non-hydrogen) atoms. The third-order valence-electron chi connectivity index (χ3n) is 3.19. The van der Waals surface area contributed by atoms with Crippen molar-refractivity contribution in [3.63, 3.8) is 0 Å². The summed E-state index contributed by atoms with van der Waals surface area (Å²) in [6, 6.07) is 0.195. The lowest BCUT2D eigenvalue weighted by Gasteiger charge is -2.35. The fraction of sp³-hybridized carbons (Fsp3) is 0.750. The lowest BCUT2D eigenvalue weighted by Crippen LogP contribution is -2.46. The molecule has 1 aromatic heterocycles. The first-order chi connectivity index (χ1) is 9.52. The molecule has 0 radical (unpaired) electrons. The number of aromatic nitrogens is 3. The van der Waals surface area contributed by atoms with Crippen LogP contribution in [0.2, 0.25) is 0 Å². The molecule has 0 atom stereocenters. The van der Waals surface area contributed by atoms with Gasteiger partial charge in [0, 0.05) is 39.6 Å². The number of aliphatic hydroxyl groups is 1. The smallest absolute Gasteiger partial charge is 0.323 e. The number of ether oxygens (including phenoxy) is 2. The molecule has 0 bridgehead atoms. The number of nitrogen functional groups attached to an aromatic ring is 1. The van der Waals surface area contributed by atoms with E-state index in [-0.39, 0.29) is 12.0 Å². The lowest BCUT2D eigenvalue weighted by molar-refractivity contribution is -0.0574. The molecular weight excluding hydrogens is 262 g/mol. The van der Waals surface area contributed by atoms with Crippen molar-refractivity contribution >= 4 is 11.9 Å². The van der Waals surface area contributed by atoms with Crippen molar-refractivity contribution in [2.24, 2.45) is 0 Å². The van der Waals surface area contributed by atoms with Crippen molar-refractivity contribution in [1.82, 2.24) is 15.0 Å². The number of anilines is 2. The normalized spacial score (nSPS) is 17.8. The molecule has 0 amide bonds. The number of rotatable bonds is 5. The number of likely N-dealkylation sites (N-methyl/N-ethyl adjacent to an activating group) is 1. The van der Waals surface area contributed by atoms with Crippen molar-refractivity contribution in [2.45, 2.75) is 25.4 Å². The number of hydrogen-bond donors (Lipinski definition) is 2. The molecule has 8 nitrogen and oxygen atoms in total. The first-order valence-corrected chi connectivity index (χ1v) is 6.68. The average molecular weight is 283 g/mol. The molecule has 8 heteroatoms. The second-order valence-electron chi connectivity index (χ2n) is 4.90. The van der Waals surface area contributed by atoms with Crippen molar-refractivity contribution in [3.8, 4) is 6.01 Å². The van der Waals surface area contributed by atoms with Crippen LogP contribution >= 0.6 is 0 Å². The van der Waals surface area contributed by atoms with Crippen LogP contribution in [-0.2, 0) is 4.74 Å². The molecule has 0 aliphatic carbocycles. The summed E-state index contributed by atoms with van der Waals surface area (Å²) >= 11 is 0. The summed E-state index contributed by atoms with van der Waals surface area (Å²) in [6.07, 6.45) is 1.19. The topological polar surface area (TPSA) is 107 Å². The number of hydrogen-bond acceptors (Lipinski definition) is 8. The van der Waals surface area contributed by atoms with Gasteiger partial charge in [-0.1, -0.05) is 0 Å². The van der Waals surface area contributed by atoms with E-state index in [0.29, 0.717) is 45.2 Å². The Bertz CT molecular complexity index is 451. The van der Waals surface area contributed by atoms with Crippen molar-refractivity contribution in [3.05, 3.63) is 0 Å². The van der Waals surface area contributed by atoms with E-state index >= 15 is 0 Å². The summed E-state index contributed by atoms with van der Waals surface area (Å²) in [5, 5.41) is 10.5. The van der Waals surface area contributed by atoms with Gasteiger partial charge < -0.3 is 25.2 Å². The molecule has 0 spiro atoms. The predicted octanol–water partition coefficient (Wildman–Crippen LogP) is -0.170. The van der Waals surface area contributed by atoms with Crippen LogP contribution in [0.3, 0.4) is 0 Å². The molecule has 1 aliphatic heterocycles. The molecule has 1 saturated heterocycles. The highest BCUT2D eigenvalue weighted by atomic mass is 16.5. The van der Waals surface area contributed by atoms with E-state index in [2.05, 4.69) is 15.0 Å². The zero-order chi connectivity index (χ0) is 14.6. The molecule has 2 rings (SSSR count). The molecule has 1 fully saturated rings. The maximum atomic E-state index is 10.5. The Morgan fingerprint density at radius 3 is 2.70 bits per heavy atom. The minimum Gasteiger partial charge on any atom is -0.464 e. The summed E-state index contributed by atoms with van der Waals surface area (Å²) < 4.78 is 10.5. The van der Waals surface area contributed by atoms with Gasteiger partial charge in [0.2, 0.25) is 11.9 Å². The van der Waals surface area contributed by atoms with Crippen molar-refractivity contribution < 1.29 is 14.6 Å². The largest absolute Gasteiger partial charge is 0.464 e. The molecule has 0 unspecified atom stereocenters. The molecule has 1 aliphatic rings. The number of nitrogens with two attached hydrogens (primary N) is 1. The first-order valence-electron chi connectivity index (χ1n) is 6.68. The molecule has 1 aromatic rings. The third-order valence-corrected chi connectivity index (χ3v) is 3.19. The summed E-state index contributed by atoms with van der Waals surface area (Å²) in [5.74, 6) is 0.491. The van der Waals surface area contributed by atoms with Gasteiger partial charge in [0.1, 0.15) is 0 Å². The van der Waals surface area contributed by atoms with E-state index in [1.807, 2.05) is 6.92 Å². The fourth-order valence-corrected chi connectivity index (χ4v) is 2.15. The van der Waals surface area contributed by atoms with E-state index < -0.39 is 5.60 Å². The van der Waals surface area contributed by atoms with Gasteiger partial charge in [-0.3, -0.25) is 0 Å². The second-order valence-corrected chi connectivity index (χ2v) is 4.90. The van der Waals surface area contributed by atoms with Gasteiger partial charge in [0.25, 0.3) is 0 Å². The van der Waals surface area contributed by atoms with Gasteiger partial charge in [0.05, 0.1) is 12.2 Å². The van der Waals surface area contributed by atoms with Crippen LogP contribution in [0.15, 0.2) is 0 Å². The third kappa shape index (κ3) is 3.67. The summed E-state index contributed by atoms with van der Waals surface area (Å²) in [4.78, 5) is 13.9. The molecule has 0 aromatic carbocycles. The highest BCUT2D eigenvalue weighted by Gasteiger charge is 2.32. The van der Waals surface area contributed by atoms with Gasteiger partial charge >= 0.3 is 6.01 Å². The van der Waals surface area contributed by atoms with E-state index in [9.17, 15) is 5.11 Å². The second kappa shape index (κ2) is 6.19. The summed E-state index contributed by atoms with van der Waals surface area (Å²) in [7, 11) is 1.80. The van der Waals surface area contributed by atoms with Crippen LogP contribution < -0.4 is 15.4 Å². The van der Waals surface area contributed by atoms with E-state index in [1.54, 1.807) is 11.9 Å². The van der Waals surface area contributed by atoms with E-state index in [1.165, 1.54) is 0 Å².